The van der Waals surface area contributed by atoms with Gasteiger partial charge < -0.3 is 10.0 Å². The van der Waals surface area contributed by atoms with E-state index in [4.69, 9.17) is 0 Å². The number of benzene rings is 1. The van der Waals surface area contributed by atoms with Crippen LogP contribution in [-0.2, 0) is 4.79 Å². The number of hydrogen-bond donors (Lipinski definition) is 1. The van der Waals surface area contributed by atoms with Crippen LogP contribution >= 0.6 is 11.5 Å². The van der Waals surface area contributed by atoms with Gasteiger partial charge in [-0.3, -0.25) is 9.59 Å². The number of carboxylic acids is 1. The number of aliphatic carboxylic acids is 1. The average molecular weight is 330 g/mol. The highest BCUT2D eigenvalue weighted by Crippen LogP contribution is 2.43. The van der Waals surface area contributed by atoms with Crippen molar-refractivity contribution >= 4 is 23.4 Å². The average Bonchev–Trinajstić information content (AvgIpc) is 3.03. The predicted octanol–water partition coefficient (Wildman–Crippen LogP) is 3.16. The summed E-state index contributed by atoms with van der Waals surface area (Å²) in [5.74, 6) is -1.57. The smallest absolute Gasteiger partial charge is 0.313 e. The van der Waals surface area contributed by atoms with Gasteiger partial charge >= 0.3 is 5.97 Å². The van der Waals surface area contributed by atoms with E-state index >= 15 is 0 Å². The number of carbonyl (C=O) groups is 2. The Bertz CT molecular complexity index is 727. The van der Waals surface area contributed by atoms with Gasteiger partial charge in [-0.05, 0) is 29.1 Å². The van der Waals surface area contributed by atoms with Crippen LogP contribution in [0.5, 0.6) is 0 Å². The van der Waals surface area contributed by atoms with Gasteiger partial charge in [-0.1, -0.05) is 32.0 Å². The third kappa shape index (κ3) is 2.74. The first-order valence-electron chi connectivity index (χ1n) is 7.52. The van der Waals surface area contributed by atoms with Gasteiger partial charge in [0, 0.05) is 29.2 Å². The molecule has 0 saturated heterocycles. The molecule has 1 N–H and O–H groups in total. The van der Waals surface area contributed by atoms with E-state index in [0.717, 1.165) is 5.56 Å². The summed E-state index contributed by atoms with van der Waals surface area (Å²) in [6, 6.07) is 6.49. The van der Waals surface area contributed by atoms with Crippen molar-refractivity contribution in [1.29, 1.82) is 0 Å². The number of fused-ring (bicyclic) bond motifs is 1. The molecule has 1 aliphatic heterocycles. The van der Waals surface area contributed by atoms with Crippen molar-refractivity contribution in [3.05, 3.63) is 52.5 Å². The van der Waals surface area contributed by atoms with Crippen molar-refractivity contribution in [2.45, 2.75) is 25.8 Å². The van der Waals surface area contributed by atoms with Crippen molar-refractivity contribution in [3.8, 4) is 0 Å². The lowest BCUT2D eigenvalue weighted by Crippen LogP contribution is -2.46. The highest BCUT2D eigenvalue weighted by molar-refractivity contribution is 7.03. The molecule has 2 heterocycles. The maximum atomic E-state index is 12.9. The number of aromatic nitrogens is 1. The number of hydrogen-bond acceptors (Lipinski definition) is 4. The second-order valence-corrected chi connectivity index (χ2v) is 6.81. The monoisotopic (exact) mass is 330 g/mol. The third-order valence-electron chi connectivity index (χ3n) is 4.06. The second kappa shape index (κ2) is 6.12. The van der Waals surface area contributed by atoms with Gasteiger partial charge in [-0.25, -0.2) is 4.37 Å². The van der Waals surface area contributed by atoms with E-state index in [1.807, 2.05) is 19.2 Å². The molecule has 0 fully saturated rings. The van der Waals surface area contributed by atoms with Gasteiger partial charge in [0.1, 0.15) is 5.92 Å². The van der Waals surface area contributed by atoms with Crippen LogP contribution < -0.4 is 0 Å². The first-order chi connectivity index (χ1) is 11.0. The minimum atomic E-state index is -0.921. The van der Waals surface area contributed by atoms with Crippen LogP contribution in [0.1, 0.15) is 47.3 Å². The molecule has 5 nitrogen and oxygen atoms in total. The lowest BCUT2D eigenvalue weighted by atomic mass is 9.80. The molecule has 2 aromatic rings. The number of nitrogens with zero attached hydrogens (tertiary/aromatic N) is 2. The fourth-order valence-electron chi connectivity index (χ4n) is 3.18. The van der Waals surface area contributed by atoms with E-state index in [0.29, 0.717) is 17.7 Å². The van der Waals surface area contributed by atoms with Gasteiger partial charge in [0.05, 0.1) is 6.04 Å². The quantitative estimate of drug-likeness (QED) is 0.935. The third-order valence-corrected chi connectivity index (χ3v) is 4.66. The summed E-state index contributed by atoms with van der Waals surface area (Å²) in [5, 5.41) is 11.7. The zero-order chi connectivity index (χ0) is 16.6. The first kappa shape index (κ1) is 15.7. The molecule has 3 rings (SSSR count). The fraction of sp³-hybridized carbons (Fsp3) is 0.353. The standard InChI is InChI=1S/C17H18N2O3S/c1-10(2)8-19-15(11-7-18-23-9-11)14(17(21)22)12-5-3-4-6-13(12)16(19)20/h3-7,9-10,14-15H,8H2,1-2H3,(H,21,22). The fourth-order valence-corrected chi connectivity index (χ4v) is 3.75. The number of carboxylic acid groups (broad SMARTS) is 1. The van der Waals surface area contributed by atoms with Gasteiger partial charge in [0.15, 0.2) is 0 Å². The Labute approximate surface area is 138 Å². The predicted molar refractivity (Wildman–Crippen MR) is 87.5 cm³/mol. The number of amides is 1. The Morgan fingerprint density at radius 3 is 2.74 bits per heavy atom. The van der Waals surface area contributed by atoms with Gasteiger partial charge in [-0.15, -0.1) is 0 Å². The molecule has 2 unspecified atom stereocenters. The van der Waals surface area contributed by atoms with Crippen LogP contribution in [0.2, 0.25) is 0 Å². The molecule has 0 spiro atoms. The van der Waals surface area contributed by atoms with Crippen LogP contribution in [0, 0.1) is 5.92 Å². The molecule has 0 saturated carbocycles. The maximum Gasteiger partial charge on any atom is 0.313 e. The molecule has 120 valence electrons. The largest absolute Gasteiger partial charge is 0.481 e. The van der Waals surface area contributed by atoms with Crippen molar-refractivity contribution in [2.24, 2.45) is 5.92 Å². The SMILES string of the molecule is CC(C)CN1C(=O)c2ccccc2C(C(=O)O)C1c1cnsc1. The van der Waals surface area contributed by atoms with E-state index in [2.05, 4.69) is 4.37 Å². The zero-order valence-corrected chi connectivity index (χ0v) is 13.8. The lowest BCUT2D eigenvalue weighted by molar-refractivity contribution is -0.140. The van der Waals surface area contributed by atoms with E-state index in [9.17, 15) is 14.7 Å². The first-order valence-corrected chi connectivity index (χ1v) is 8.36. The molecule has 1 aliphatic rings. The normalized spacial score (nSPS) is 20.7. The number of rotatable bonds is 4. The van der Waals surface area contributed by atoms with Gasteiger partial charge in [0.25, 0.3) is 5.91 Å². The zero-order valence-electron chi connectivity index (χ0n) is 13.0. The number of carbonyl (C=O) groups excluding carboxylic acids is 1. The Morgan fingerprint density at radius 1 is 1.39 bits per heavy atom. The summed E-state index contributed by atoms with van der Waals surface area (Å²) in [4.78, 5) is 26.6. The van der Waals surface area contributed by atoms with Gasteiger partial charge in [-0.2, -0.15) is 0 Å². The van der Waals surface area contributed by atoms with Gasteiger partial charge in [0.2, 0.25) is 0 Å². The highest BCUT2D eigenvalue weighted by Gasteiger charge is 2.44. The van der Waals surface area contributed by atoms with Crippen molar-refractivity contribution in [2.75, 3.05) is 6.54 Å². The Hall–Kier alpha value is -2.21. The van der Waals surface area contributed by atoms with E-state index in [1.54, 1.807) is 35.4 Å². The Morgan fingerprint density at radius 2 is 2.13 bits per heavy atom. The summed E-state index contributed by atoms with van der Waals surface area (Å²) in [6.07, 6.45) is 1.67. The summed E-state index contributed by atoms with van der Waals surface area (Å²) in [7, 11) is 0. The van der Waals surface area contributed by atoms with E-state index in [1.165, 1.54) is 11.5 Å². The van der Waals surface area contributed by atoms with E-state index < -0.39 is 17.9 Å². The summed E-state index contributed by atoms with van der Waals surface area (Å²) >= 11 is 1.27. The summed E-state index contributed by atoms with van der Waals surface area (Å²) in [6.45, 7) is 4.55. The van der Waals surface area contributed by atoms with Crippen molar-refractivity contribution in [3.63, 3.8) is 0 Å². The molecule has 0 aliphatic carbocycles. The molecular formula is C17H18N2O3S. The molecular weight excluding hydrogens is 312 g/mol. The minimum Gasteiger partial charge on any atom is -0.481 e. The van der Waals surface area contributed by atoms with Crippen molar-refractivity contribution in [1.82, 2.24) is 9.27 Å². The summed E-state index contributed by atoms with van der Waals surface area (Å²) in [5.41, 5.74) is 1.85. The maximum absolute atomic E-state index is 12.9. The molecule has 0 bridgehead atoms. The Kier molecular flexibility index (Phi) is 4.17. The molecule has 1 aromatic carbocycles. The van der Waals surface area contributed by atoms with Crippen LogP contribution in [-0.4, -0.2) is 32.8 Å². The highest BCUT2D eigenvalue weighted by atomic mass is 32.1. The van der Waals surface area contributed by atoms with Crippen LogP contribution in [0.15, 0.2) is 35.8 Å². The molecule has 6 heteroatoms. The lowest BCUT2D eigenvalue weighted by Gasteiger charge is -2.41. The van der Waals surface area contributed by atoms with Crippen LogP contribution in [0.4, 0.5) is 0 Å². The molecule has 0 radical (unpaired) electrons. The molecule has 1 amide bonds. The van der Waals surface area contributed by atoms with Crippen molar-refractivity contribution < 1.29 is 14.7 Å². The molecule has 1 aromatic heterocycles. The topological polar surface area (TPSA) is 70.5 Å². The summed E-state index contributed by atoms with van der Waals surface area (Å²) < 4.78 is 4.10. The second-order valence-electron chi connectivity index (χ2n) is 6.16. The van der Waals surface area contributed by atoms with Crippen LogP contribution in [0.25, 0.3) is 0 Å². The van der Waals surface area contributed by atoms with Crippen LogP contribution in [0.3, 0.4) is 0 Å². The molecule has 2 atom stereocenters. The molecule has 23 heavy (non-hydrogen) atoms. The van der Waals surface area contributed by atoms with E-state index in [-0.39, 0.29) is 11.8 Å². The minimum absolute atomic E-state index is 0.108. The Balaban J connectivity index is 2.19.